The Kier molecular flexibility index (Phi) is 6.18. The monoisotopic (exact) mass is 408 g/mol. The Bertz CT molecular complexity index is 1170. The first-order chi connectivity index (χ1) is 15.3. The van der Waals surface area contributed by atoms with E-state index in [2.05, 4.69) is 51.4 Å². The normalized spacial score (nSPS) is 11.4. The van der Waals surface area contributed by atoms with Gasteiger partial charge in [0.05, 0.1) is 0 Å². The highest BCUT2D eigenvalue weighted by atomic mass is 16.5. The second kappa shape index (κ2) is 9.53. The third kappa shape index (κ3) is 4.69. The van der Waals surface area contributed by atoms with Crippen LogP contribution in [0.3, 0.4) is 0 Å². The molecule has 1 amide bonds. The summed E-state index contributed by atoms with van der Waals surface area (Å²) in [6.45, 7) is 0.678. The number of carbonyl (C=O) groups is 1. The number of alkyl carbamates (subject to hydrolysis) is 1. The minimum Gasteiger partial charge on any atom is -0.449 e. The van der Waals surface area contributed by atoms with E-state index in [0.29, 0.717) is 18.7 Å². The second-order valence-corrected chi connectivity index (χ2v) is 7.04. The summed E-state index contributed by atoms with van der Waals surface area (Å²) < 4.78 is 5.50. The van der Waals surface area contributed by atoms with E-state index in [-0.39, 0.29) is 12.5 Å². The van der Waals surface area contributed by atoms with Crippen LogP contribution in [-0.4, -0.2) is 19.2 Å². The summed E-state index contributed by atoms with van der Waals surface area (Å²) in [5, 5.41) is 6.30. The maximum Gasteiger partial charge on any atom is 0.407 e. The maximum absolute atomic E-state index is 12.1. The number of hydrogen-bond donors (Lipinski definition) is 1. The molecule has 0 bridgehead atoms. The van der Waals surface area contributed by atoms with E-state index in [1.54, 1.807) is 18.2 Å². The zero-order valence-corrected chi connectivity index (χ0v) is 16.8. The van der Waals surface area contributed by atoms with Gasteiger partial charge in [0, 0.05) is 35.0 Å². The summed E-state index contributed by atoms with van der Waals surface area (Å²) in [5.74, 6) is 6.03. The molecule has 4 rings (SSSR count). The summed E-state index contributed by atoms with van der Waals surface area (Å²) in [5.41, 5.74) is 14.5. The lowest BCUT2D eigenvalue weighted by Crippen LogP contribution is -2.26. The lowest BCUT2D eigenvalue weighted by Gasteiger charge is -2.14. The van der Waals surface area contributed by atoms with Crippen molar-refractivity contribution in [2.75, 3.05) is 13.2 Å². The lowest BCUT2D eigenvalue weighted by molar-refractivity contribution is 0.143. The number of hydrogen-bond acceptors (Lipinski definition) is 3. The van der Waals surface area contributed by atoms with Gasteiger partial charge in [0.1, 0.15) is 6.61 Å². The zero-order chi connectivity index (χ0) is 21.5. The van der Waals surface area contributed by atoms with Crippen molar-refractivity contribution in [1.29, 1.82) is 0 Å². The molecule has 0 saturated carbocycles. The number of ether oxygens (including phenoxy) is 1. The third-order valence-corrected chi connectivity index (χ3v) is 5.10. The van der Waals surface area contributed by atoms with Gasteiger partial charge in [-0.05, 0) is 39.9 Å². The largest absolute Gasteiger partial charge is 0.449 e. The van der Waals surface area contributed by atoms with Crippen molar-refractivity contribution in [3.8, 4) is 23.0 Å². The maximum atomic E-state index is 12.1. The number of rotatable bonds is 5. The van der Waals surface area contributed by atoms with E-state index in [0.717, 1.165) is 5.56 Å². The van der Waals surface area contributed by atoms with Crippen LogP contribution < -0.4 is 5.32 Å². The minimum atomic E-state index is -0.450. The van der Waals surface area contributed by atoms with Crippen molar-refractivity contribution in [1.82, 2.24) is 5.32 Å². The van der Waals surface area contributed by atoms with Gasteiger partial charge in [-0.2, -0.15) is 0 Å². The fourth-order valence-electron chi connectivity index (χ4n) is 3.74. The van der Waals surface area contributed by atoms with E-state index in [9.17, 15) is 4.79 Å². The summed E-state index contributed by atoms with van der Waals surface area (Å²) in [7, 11) is 0. The number of azide groups is 1. The third-order valence-electron chi connectivity index (χ3n) is 5.10. The molecular formula is C25H20N4O2. The number of amides is 1. The van der Waals surface area contributed by atoms with Crippen LogP contribution in [0.1, 0.15) is 29.0 Å². The van der Waals surface area contributed by atoms with E-state index < -0.39 is 6.09 Å². The number of fused-ring (bicyclic) bond motifs is 3. The van der Waals surface area contributed by atoms with Crippen molar-refractivity contribution in [2.24, 2.45) is 5.11 Å². The molecule has 152 valence electrons. The first-order valence-corrected chi connectivity index (χ1v) is 9.99. The van der Waals surface area contributed by atoms with Crippen LogP contribution in [0.2, 0.25) is 0 Å². The number of benzene rings is 3. The first kappa shape index (κ1) is 20.1. The summed E-state index contributed by atoms with van der Waals surface area (Å²) in [6, 6.07) is 23.5. The number of nitrogens with zero attached hydrogens (tertiary/aromatic N) is 3. The van der Waals surface area contributed by atoms with Crippen molar-refractivity contribution in [2.45, 2.75) is 12.3 Å². The average molecular weight is 408 g/mol. The Balaban J connectivity index is 1.28. The Morgan fingerprint density at radius 1 is 1.03 bits per heavy atom. The van der Waals surface area contributed by atoms with Crippen LogP contribution >= 0.6 is 0 Å². The van der Waals surface area contributed by atoms with Crippen molar-refractivity contribution < 1.29 is 9.53 Å². The minimum absolute atomic E-state index is 0.0429. The molecule has 3 aromatic carbocycles. The fraction of sp³-hybridized carbons (Fsp3) is 0.160. The van der Waals surface area contributed by atoms with Gasteiger partial charge >= 0.3 is 6.09 Å². The molecule has 0 radical (unpaired) electrons. The molecule has 3 aromatic rings. The van der Waals surface area contributed by atoms with Crippen molar-refractivity contribution >= 4 is 11.8 Å². The molecule has 1 N–H and O–H groups in total. The lowest BCUT2D eigenvalue weighted by atomic mass is 9.98. The van der Waals surface area contributed by atoms with Crippen LogP contribution in [0.25, 0.3) is 21.6 Å². The highest BCUT2D eigenvalue weighted by molar-refractivity contribution is 5.79. The predicted octanol–water partition coefficient (Wildman–Crippen LogP) is 5.91. The molecule has 1 aliphatic carbocycles. The SMILES string of the molecule is [N-]=[N+]=Nc1cccc(C#CCCNC(=O)OCC2c3ccccc3-c3ccccc32)c1. The first-order valence-electron chi connectivity index (χ1n) is 9.99. The zero-order valence-electron chi connectivity index (χ0n) is 16.8. The summed E-state index contributed by atoms with van der Waals surface area (Å²) >= 11 is 0. The molecule has 0 unspecified atom stereocenters. The highest BCUT2D eigenvalue weighted by Gasteiger charge is 2.28. The quantitative estimate of drug-likeness (QED) is 0.187. The van der Waals surface area contributed by atoms with Gasteiger partial charge < -0.3 is 10.1 Å². The summed E-state index contributed by atoms with van der Waals surface area (Å²) in [6.07, 6.45) is 0.0321. The Morgan fingerprint density at radius 2 is 1.74 bits per heavy atom. The second-order valence-electron chi connectivity index (χ2n) is 7.04. The highest BCUT2D eigenvalue weighted by Crippen LogP contribution is 2.44. The molecule has 0 aliphatic heterocycles. The van der Waals surface area contributed by atoms with E-state index in [4.69, 9.17) is 10.3 Å². The Hall–Kier alpha value is -4.20. The molecule has 6 heteroatoms. The molecule has 1 aliphatic rings. The molecule has 0 atom stereocenters. The smallest absolute Gasteiger partial charge is 0.407 e. The van der Waals surface area contributed by atoms with E-state index >= 15 is 0 Å². The van der Waals surface area contributed by atoms with Gasteiger partial charge in [0.15, 0.2) is 0 Å². The Labute approximate surface area is 180 Å². The molecular weight excluding hydrogens is 388 g/mol. The van der Waals surface area contributed by atoms with Crippen molar-refractivity contribution in [3.05, 3.63) is 99.9 Å². The van der Waals surface area contributed by atoms with Gasteiger partial charge in [-0.1, -0.05) is 77.6 Å². The fourth-order valence-corrected chi connectivity index (χ4v) is 3.74. The topological polar surface area (TPSA) is 87.1 Å². The van der Waals surface area contributed by atoms with Crippen LogP contribution in [0.15, 0.2) is 77.9 Å². The molecule has 0 aromatic heterocycles. The van der Waals surface area contributed by atoms with E-state index in [1.807, 2.05) is 30.3 Å². The van der Waals surface area contributed by atoms with Gasteiger partial charge in [-0.15, -0.1) is 0 Å². The summed E-state index contributed by atoms with van der Waals surface area (Å²) in [4.78, 5) is 14.9. The van der Waals surface area contributed by atoms with E-state index in [1.165, 1.54) is 22.3 Å². The Morgan fingerprint density at radius 3 is 2.45 bits per heavy atom. The van der Waals surface area contributed by atoms with Crippen LogP contribution in [-0.2, 0) is 4.74 Å². The molecule has 0 spiro atoms. The van der Waals surface area contributed by atoms with Crippen LogP contribution in [0, 0.1) is 11.8 Å². The van der Waals surface area contributed by atoms with Crippen LogP contribution in [0.5, 0.6) is 0 Å². The standard InChI is InChI=1S/C25H20N4O2/c26-29-28-19-10-7-9-18(16-19)8-5-6-15-27-25(30)31-17-24-22-13-3-1-11-20(22)21-12-2-4-14-23(21)24/h1-4,7,9-14,16,24H,6,15,17H2,(H,27,30). The van der Waals surface area contributed by atoms with Gasteiger partial charge in [-0.25, -0.2) is 4.79 Å². The van der Waals surface area contributed by atoms with Crippen LogP contribution in [0.4, 0.5) is 10.5 Å². The van der Waals surface area contributed by atoms with Gasteiger partial charge in [0.25, 0.3) is 0 Å². The molecule has 0 heterocycles. The molecule has 31 heavy (non-hydrogen) atoms. The molecule has 6 nitrogen and oxygen atoms in total. The number of nitrogens with one attached hydrogen (secondary N) is 1. The average Bonchev–Trinajstić information content (AvgIpc) is 3.12. The molecule has 0 fully saturated rings. The number of carbonyl (C=O) groups excluding carboxylic acids is 1. The predicted molar refractivity (Wildman–Crippen MR) is 120 cm³/mol. The van der Waals surface area contributed by atoms with Gasteiger partial charge in [0.2, 0.25) is 0 Å². The van der Waals surface area contributed by atoms with Gasteiger partial charge in [-0.3, -0.25) is 0 Å². The molecule has 0 saturated heterocycles. The van der Waals surface area contributed by atoms with Crippen molar-refractivity contribution in [3.63, 3.8) is 0 Å².